The largest absolute Gasteiger partial charge is 0.462 e. The number of ether oxygens (including phenoxy) is 3. The van der Waals surface area contributed by atoms with Crippen molar-refractivity contribution in [1.29, 1.82) is 0 Å². The average molecular weight is 432 g/mol. The Morgan fingerprint density at radius 3 is 2.53 bits per heavy atom. The van der Waals surface area contributed by atoms with Gasteiger partial charge < -0.3 is 18.6 Å². The molecule has 8 heteroatoms. The van der Waals surface area contributed by atoms with E-state index in [4.69, 9.17) is 30.2 Å². The Balaban J connectivity index is 1.98. The van der Waals surface area contributed by atoms with Gasteiger partial charge in [0, 0.05) is 30.8 Å². The van der Waals surface area contributed by atoms with E-state index >= 15 is 0 Å². The van der Waals surface area contributed by atoms with E-state index in [0.29, 0.717) is 47.3 Å². The maximum Gasteiger partial charge on any atom is 0.342 e. The third kappa shape index (κ3) is 3.76. The number of hydrogen-bond donors (Lipinski definition) is 0. The summed E-state index contributed by atoms with van der Waals surface area (Å²) in [5.41, 5.74) is 0.736. The lowest BCUT2D eigenvalue weighted by Gasteiger charge is -2.25. The first kappa shape index (κ1) is 20.7. The van der Waals surface area contributed by atoms with Gasteiger partial charge in [0.2, 0.25) is 0 Å². The smallest absolute Gasteiger partial charge is 0.342 e. The van der Waals surface area contributed by atoms with Gasteiger partial charge in [0.05, 0.1) is 36.8 Å². The number of nitrogens with zero attached hydrogens (tertiary/aromatic N) is 1. The number of carbonyl (C=O) groups is 2. The topological polar surface area (TPSA) is 78.2 Å². The second kappa shape index (κ2) is 8.63. The third-order valence-electron chi connectivity index (χ3n) is 5.01. The predicted octanol–water partition coefficient (Wildman–Crippen LogP) is 4.17. The number of furan rings is 1. The summed E-state index contributed by atoms with van der Waals surface area (Å²) in [6.45, 7) is 6.37. The molecule has 30 heavy (non-hydrogen) atoms. The molecule has 1 aliphatic rings. The lowest BCUT2D eigenvalue weighted by molar-refractivity contribution is -0.131. The minimum Gasteiger partial charge on any atom is -0.462 e. The fraction of sp³-hybridized carbons (Fsp3) is 0.364. The summed E-state index contributed by atoms with van der Waals surface area (Å²) in [5.74, 6) is -0.351. The molecular weight excluding hydrogens is 410 g/mol. The van der Waals surface area contributed by atoms with Crippen LogP contribution < -0.4 is 4.74 Å². The van der Waals surface area contributed by atoms with Crippen LogP contribution in [0, 0.1) is 0 Å². The third-order valence-corrected chi connectivity index (χ3v) is 5.37. The lowest BCUT2D eigenvalue weighted by atomic mass is 10.0. The molecule has 0 spiro atoms. The number of carbonyl (C=O) groups excluding carboxylic acids is 2. The molecule has 0 N–H and O–H groups in total. The number of esters is 2. The van der Waals surface area contributed by atoms with Crippen molar-refractivity contribution in [3.05, 3.63) is 40.6 Å². The van der Waals surface area contributed by atoms with Crippen molar-refractivity contribution in [3.63, 3.8) is 0 Å². The summed E-state index contributed by atoms with van der Waals surface area (Å²) in [6, 6.07) is 7.31. The molecule has 0 atom stereocenters. The van der Waals surface area contributed by atoms with Crippen LogP contribution in [-0.2, 0) is 20.8 Å². The Hall–Kier alpha value is -2.61. The predicted molar refractivity (Wildman–Crippen MR) is 112 cm³/mol. The van der Waals surface area contributed by atoms with E-state index in [2.05, 4.69) is 4.90 Å². The Labute approximate surface area is 178 Å². The highest BCUT2D eigenvalue weighted by Crippen LogP contribution is 2.45. The van der Waals surface area contributed by atoms with Gasteiger partial charge in [-0.3, -0.25) is 9.69 Å². The Morgan fingerprint density at radius 1 is 1.17 bits per heavy atom. The molecule has 0 unspecified atom stereocenters. The van der Waals surface area contributed by atoms with Crippen molar-refractivity contribution in [2.75, 3.05) is 32.9 Å². The first-order valence-electron chi connectivity index (χ1n) is 9.82. The summed E-state index contributed by atoms with van der Waals surface area (Å²) in [6.07, 6.45) is 0. The zero-order valence-electron chi connectivity index (χ0n) is 16.8. The van der Waals surface area contributed by atoms with Crippen molar-refractivity contribution in [3.8, 4) is 5.75 Å². The van der Waals surface area contributed by atoms with Crippen LogP contribution in [0.25, 0.3) is 21.7 Å². The van der Waals surface area contributed by atoms with Gasteiger partial charge in [-0.05, 0) is 6.92 Å². The van der Waals surface area contributed by atoms with Crippen molar-refractivity contribution in [2.45, 2.75) is 20.4 Å². The van der Waals surface area contributed by atoms with Gasteiger partial charge in [0.25, 0.3) is 0 Å². The first-order valence-corrected chi connectivity index (χ1v) is 10.2. The summed E-state index contributed by atoms with van der Waals surface area (Å²) in [4.78, 5) is 26.8. The van der Waals surface area contributed by atoms with Crippen molar-refractivity contribution in [2.24, 2.45) is 0 Å². The molecule has 4 rings (SSSR count). The zero-order valence-corrected chi connectivity index (χ0v) is 17.6. The van der Waals surface area contributed by atoms with Crippen LogP contribution >= 0.6 is 11.6 Å². The van der Waals surface area contributed by atoms with E-state index in [9.17, 15) is 9.59 Å². The van der Waals surface area contributed by atoms with Crippen LogP contribution in [0.3, 0.4) is 0 Å². The molecule has 1 aliphatic heterocycles. The van der Waals surface area contributed by atoms with Gasteiger partial charge in [-0.1, -0.05) is 35.9 Å². The summed E-state index contributed by atoms with van der Waals surface area (Å²) in [7, 11) is 0. The maximum atomic E-state index is 12.9. The fourth-order valence-corrected chi connectivity index (χ4v) is 4.05. The van der Waals surface area contributed by atoms with E-state index < -0.39 is 11.9 Å². The van der Waals surface area contributed by atoms with Crippen LogP contribution in [0.4, 0.5) is 0 Å². The molecule has 1 aromatic heterocycles. The van der Waals surface area contributed by atoms with Gasteiger partial charge in [-0.15, -0.1) is 0 Å². The van der Waals surface area contributed by atoms with Crippen LogP contribution in [-0.4, -0.2) is 49.7 Å². The number of rotatable bonds is 5. The SMILES string of the molecule is CCOC(=O)c1c(CN2CCOCC2)oc2c1c(Cl)c(OC(C)=O)c1ccccc12. The van der Waals surface area contributed by atoms with Crippen LogP contribution in [0.2, 0.25) is 5.02 Å². The van der Waals surface area contributed by atoms with E-state index in [0.717, 1.165) is 13.1 Å². The van der Waals surface area contributed by atoms with E-state index in [1.807, 2.05) is 18.2 Å². The standard InChI is InChI=1S/C22H22ClNO6/c1-3-28-22(26)17-16(12-24-8-10-27-11-9-24)30-20-14-6-4-5-7-15(14)21(29-13(2)25)19(23)18(17)20/h4-7H,3,8-12H2,1-2H3. The van der Waals surface area contributed by atoms with Gasteiger partial charge >= 0.3 is 11.9 Å². The number of benzene rings is 2. The lowest BCUT2D eigenvalue weighted by Crippen LogP contribution is -2.35. The van der Waals surface area contributed by atoms with Crippen LogP contribution in [0.1, 0.15) is 30.0 Å². The normalized spacial score (nSPS) is 14.9. The zero-order chi connectivity index (χ0) is 21.3. The summed E-state index contributed by atoms with van der Waals surface area (Å²) < 4.78 is 22.4. The molecule has 1 fully saturated rings. The minimum absolute atomic E-state index is 0.152. The monoisotopic (exact) mass is 431 g/mol. The van der Waals surface area contributed by atoms with Crippen molar-refractivity contribution < 1.29 is 28.2 Å². The number of hydrogen-bond acceptors (Lipinski definition) is 7. The fourth-order valence-electron chi connectivity index (χ4n) is 3.72. The first-order chi connectivity index (χ1) is 14.5. The van der Waals surface area contributed by atoms with Gasteiger partial charge in [-0.2, -0.15) is 0 Å². The van der Waals surface area contributed by atoms with Gasteiger partial charge in [0.15, 0.2) is 5.75 Å². The van der Waals surface area contributed by atoms with Gasteiger partial charge in [-0.25, -0.2) is 4.79 Å². The molecule has 158 valence electrons. The number of halogens is 1. The molecule has 3 aromatic rings. The second-order valence-electron chi connectivity index (χ2n) is 7.00. The molecule has 0 radical (unpaired) electrons. The average Bonchev–Trinajstić information content (AvgIpc) is 3.11. The van der Waals surface area contributed by atoms with E-state index in [1.165, 1.54) is 6.92 Å². The molecule has 7 nitrogen and oxygen atoms in total. The second-order valence-corrected chi connectivity index (χ2v) is 7.37. The number of morpholine rings is 1. The molecule has 2 heterocycles. The van der Waals surface area contributed by atoms with E-state index in [-0.39, 0.29) is 22.9 Å². The molecule has 0 bridgehead atoms. The Morgan fingerprint density at radius 2 is 1.87 bits per heavy atom. The highest BCUT2D eigenvalue weighted by atomic mass is 35.5. The Kier molecular flexibility index (Phi) is 5.94. The van der Waals surface area contributed by atoms with Crippen molar-refractivity contribution >= 4 is 45.3 Å². The highest BCUT2D eigenvalue weighted by Gasteiger charge is 2.29. The minimum atomic E-state index is -0.523. The van der Waals surface area contributed by atoms with Crippen molar-refractivity contribution in [1.82, 2.24) is 4.90 Å². The molecule has 1 saturated heterocycles. The summed E-state index contributed by atoms with van der Waals surface area (Å²) in [5, 5.41) is 1.88. The quantitative estimate of drug-likeness (QED) is 0.443. The Bertz CT molecular complexity index is 1120. The number of fused-ring (bicyclic) bond motifs is 3. The highest BCUT2D eigenvalue weighted by molar-refractivity contribution is 6.41. The van der Waals surface area contributed by atoms with E-state index in [1.54, 1.807) is 13.0 Å². The molecule has 0 amide bonds. The maximum absolute atomic E-state index is 12.9. The molecule has 0 aliphatic carbocycles. The summed E-state index contributed by atoms with van der Waals surface area (Å²) >= 11 is 6.69. The van der Waals surface area contributed by atoms with Gasteiger partial charge in [0.1, 0.15) is 16.9 Å². The molecule has 0 saturated carbocycles. The van der Waals surface area contributed by atoms with Crippen LogP contribution in [0.15, 0.2) is 28.7 Å². The molecular formula is C22H22ClNO6. The molecule has 2 aromatic carbocycles. The van der Waals surface area contributed by atoms with Crippen LogP contribution in [0.5, 0.6) is 5.75 Å².